The second-order valence-corrected chi connectivity index (χ2v) is 8.59. The van der Waals surface area contributed by atoms with Crippen molar-refractivity contribution in [2.45, 2.75) is 58.0 Å². The van der Waals surface area contributed by atoms with Crippen molar-refractivity contribution in [1.29, 1.82) is 0 Å². The monoisotopic (exact) mass is 400 g/mol. The van der Waals surface area contributed by atoms with Gasteiger partial charge in [-0.3, -0.25) is 4.79 Å². The van der Waals surface area contributed by atoms with Crippen molar-refractivity contribution in [3.05, 3.63) is 28.4 Å². The fraction of sp³-hybridized carbons (Fsp3) is 0.571. The van der Waals surface area contributed by atoms with Crippen LogP contribution in [0.15, 0.2) is 18.0 Å². The standard InChI is InChI=1S/C21H28N4O2S/c1-14-17-19(23-12-16-8-5-11-27-16)24-13-25-21(17)28-18(14)20(26)22-10-9-15-6-3-2-4-7-15/h6,13,16H,2-5,7-12H2,1H3,(H,22,26)(H,23,24,25)/t16-/m0/s1. The van der Waals surface area contributed by atoms with Gasteiger partial charge in [0.05, 0.1) is 16.4 Å². The van der Waals surface area contributed by atoms with E-state index < -0.39 is 0 Å². The van der Waals surface area contributed by atoms with Gasteiger partial charge in [0.1, 0.15) is 17.0 Å². The van der Waals surface area contributed by atoms with Crippen LogP contribution >= 0.6 is 11.3 Å². The van der Waals surface area contributed by atoms with E-state index in [-0.39, 0.29) is 12.0 Å². The molecule has 1 saturated heterocycles. The highest BCUT2D eigenvalue weighted by atomic mass is 32.1. The first-order chi connectivity index (χ1) is 13.7. The molecule has 150 valence electrons. The van der Waals surface area contributed by atoms with E-state index in [9.17, 15) is 4.79 Å². The molecule has 3 heterocycles. The fourth-order valence-electron chi connectivity index (χ4n) is 3.99. The smallest absolute Gasteiger partial charge is 0.261 e. The number of amides is 1. The van der Waals surface area contributed by atoms with Crippen LogP contribution in [-0.4, -0.2) is 41.7 Å². The van der Waals surface area contributed by atoms with E-state index in [4.69, 9.17) is 4.74 Å². The summed E-state index contributed by atoms with van der Waals surface area (Å²) in [5.74, 6) is 0.780. The van der Waals surface area contributed by atoms with Gasteiger partial charge in [0.2, 0.25) is 0 Å². The maximum Gasteiger partial charge on any atom is 0.261 e. The summed E-state index contributed by atoms with van der Waals surface area (Å²) in [7, 11) is 0. The number of aromatic nitrogens is 2. The average molecular weight is 401 g/mol. The number of fused-ring (bicyclic) bond motifs is 1. The zero-order valence-electron chi connectivity index (χ0n) is 16.4. The molecule has 0 spiro atoms. The number of carbonyl (C=O) groups is 1. The minimum absolute atomic E-state index is 0.0121. The van der Waals surface area contributed by atoms with Crippen molar-refractivity contribution in [2.75, 3.05) is 25.0 Å². The second kappa shape index (κ2) is 9.01. The van der Waals surface area contributed by atoms with Gasteiger partial charge >= 0.3 is 0 Å². The number of hydrogen-bond acceptors (Lipinski definition) is 6. The van der Waals surface area contributed by atoms with Crippen molar-refractivity contribution in [3.8, 4) is 0 Å². The van der Waals surface area contributed by atoms with Gasteiger partial charge in [-0.15, -0.1) is 11.3 Å². The Morgan fingerprint density at radius 3 is 3.04 bits per heavy atom. The van der Waals surface area contributed by atoms with Crippen LogP contribution in [0.5, 0.6) is 0 Å². The number of rotatable bonds is 7. The Morgan fingerprint density at radius 2 is 2.25 bits per heavy atom. The number of nitrogens with one attached hydrogen (secondary N) is 2. The molecule has 2 N–H and O–H groups in total. The third kappa shape index (κ3) is 4.36. The Labute approximate surface area is 169 Å². The summed E-state index contributed by atoms with van der Waals surface area (Å²) in [4.78, 5) is 23.1. The highest BCUT2D eigenvalue weighted by Gasteiger charge is 2.21. The molecule has 28 heavy (non-hydrogen) atoms. The first-order valence-corrected chi connectivity index (χ1v) is 11.1. The third-order valence-electron chi connectivity index (χ3n) is 5.57. The molecule has 0 radical (unpaired) electrons. The zero-order chi connectivity index (χ0) is 19.3. The van der Waals surface area contributed by atoms with E-state index in [0.717, 1.165) is 58.9 Å². The van der Waals surface area contributed by atoms with Crippen LogP contribution in [0, 0.1) is 6.92 Å². The van der Waals surface area contributed by atoms with Gasteiger partial charge in [0.15, 0.2) is 0 Å². The van der Waals surface area contributed by atoms with Crippen molar-refractivity contribution in [2.24, 2.45) is 0 Å². The Balaban J connectivity index is 1.43. The number of aryl methyl sites for hydroxylation is 1. The van der Waals surface area contributed by atoms with Crippen molar-refractivity contribution < 1.29 is 9.53 Å². The number of thiophene rings is 1. The number of allylic oxidation sites excluding steroid dienone is 1. The van der Waals surface area contributed by atoms with Crippen LogP contribution in [0.25, 0.3) is 10.2 Å². The zero-order valence-corrected chi connectivity index (χ0v) is 17.2. The molecule has 7 heteroatoms. The molecule has 0 saturated carbocycles. The number of carbonyl (C=O) groups excluding carboxylic acids is 1. The molecule has 6 nitrogen and oxygen atoms in total. The van der Waals surface area contributed by atoms with E-state index in [2.05, 4.69) is 26.7 Å². The fourth-order valence-corrected chi connectivity index (χ4v) is 5.05. The van der Waals surface area contributed by atoms with Gasteiger partial charge in [-0.05, 0) is 57.4 Å². The lowest BCUT2D eigenvalue weighted by Gasteiger charge is -2.13. The molecule has 1 aliphatic heterocycles. The minimum Gasteiger partial charge on any atom is -0.376 e. The third-order valence-corrected chi connectivity index (χ3v) is 6.77. The van der Waals surface area contributed by atoms with Gasteiger partial charge in [-0.25, -0.2) is 9.97 Å². The van der Waals surface area contributed by atoms with Gasteiger partial charge in [0.25, 0.3) is 5.91 Å². The molecule has 0 aromatic carbocycles. The van der Waals surface area contributed by atoms with Crippen LogP contribution in [-0.2, 0) is 4.74 Å². The van der Waals surface area contributed by atoms with Crippen molar-refractivity contribution in [3.63, 3.8) is 0 Å². The second-order valence-electron chi connectivity index (χ2n) is 7.59. The molecule has 2 aliphatic rings. The average Bonchev–Trinajstić information content (AvgIpc) is 3.35. The summed E-state index contributed by atoms with van der Waals surface area (Å²) in [6, 6.07) is 0. The van der Waals surface area contributed by atoms with Gasteiger partial charge in [-0.2, -0.15) is 0 Å². The first kappa shape index (κ1) is 19.3. The van der Waals surface area contributed by atoms with E-state index in [0.29, 0.717) is 6.54 Å². The lowest BCUT2D eigenvalue weighted by Crippen LogP contribution is -2.24. The SMILES string of the molecule is Cc1c(C(=O)NCCC2=CCCCC2)sc2ncnc(NC[C@@H]3CCCO3)c12. The number of ether oxygens (including phenoxy) is 1. The predicted octanol–water partition coefficient (Wildman–Crippen LogP) is 4.21. The van der Waals surface area contributed by atoms with Crippen LogP contribution in [0.2, 0.25) is 0 Å². The normalized spacial score (nSPS) is 19.6. The van der Waals surface area contributed by atoms with Gasteiger partial charge < -0.3 is 15.4 Å². The van der Waals surface area contributed by atoms with Crippen molar-refractivity contribution >= 4 is 33.3 Å². The Kier molecular flexibility index (Phi) is 6.22. The molecule has 0 unspecified atom stereocenters. The van der Waals surface area contributed by atoms with Crippen molar-refractivity contribution in [1.82, 2.24) is 15.3 Å². The summed E-state index contributed by atoms with van der Waals surface area (Å²) in [5, 5.41) is 7.44. The lowest BCUT2D eigenvalue weighted by atomic mass is 9.97. The van der Waals surface area contributed by atoms with Crippen LogP contribution < -0.4 is 10.6 Å². The molecule has 2 aromatic rings. The van der Waals surface area contributed by atoms with E-state index in [1.165, 1.54) is 42.6 Å². The maximum absolute atomic E-state index is 12.7. The highest BCUT2D eigenvalue weighted by Crippen LogP contribution is 2.33. The Hall–Kier alpha value is -1.99. The molecule has 1 fully saturated rings. The summed E-state index contributed by atoms with van der Waals surface area (Å²) in [6.45, 7) is 4.24. The molecule has 1 amide bonds. The molecular formula is C21H28N4O2S. The predicted molar refractivity (Wildman–Crippen MR) is 113 cm³/mol. The van der Waals surface area contributed by atoms with E-state index in [1.54, 1.807) is 6.33 Å². The number of hydrogen-bond donors (Lipinski definition) is 2. The molecule has 1 atom stereocenters. The van der Waals surface area contributed by atoms with Crippen LogP contribution in [0.1, 0.15) is 60.2 Å². The van der Waals surface area contributed by atoms with Gasteiger partial charge in [-0.1, -0.05) is 11.6 Å². The molecule has 4 rings (SSSR count). The van der Waals surface area contributed by atoms with E-state index in [1.807, 2.05) is 6.92 Å². The van der Waals surface area contributed by atoms with Crippen LogP contribution in [0.4, 0.5) is 5.82 Å². The first-order valence-electron chi connectivity index (χ1n) is 10.3. The summed E-state index contributed by atoms with van der Waals surface area (Å²) in [5.41, 5.74) is 2.43. The number of nitrogens with zero attached hydrogens (tertiary/aromatic N) is 2. The largest absolute Gasteiger partial charge is 0.376 e. The summed E-state index contributed by atoms with van der Waals surface area (Å²) >= 11 is 1.44. The topological polar surface area (TPSA) is 76.1 Å². The van der Waals surface area contributed by atoms with Gasteiger partial charge in [0, 0.05) is 19.7 Å². The molecular weight excluding hydrogens is 372 g/mol. The summed E-state index contributed by atoms with van der Waals surface area (Å²) in [6.07, 6.45) is 12.2. The molecule has 2 aromatic heterocycles. The highest BCUT2D eigenvalue weighted by molar-refractivity contribution is 7.20. The van der Waals surface area contributed by atoms with Crippen LogP contribution in [0.3, 0.4) is 0 Å². The maximum atomic E-state index is 12.7. The Morgan fingerprint density at radius 1 is 1.32 bits per heavy atom. The molecule has 1 aliphatic carbocycles. The quantitative estimate of drug-likeness (QED) is 0.681. The lowest BCUT2D eigenvalue weighted by molar-refractivity contribution is 0.0957. The number of anilines is 1. The molecule has 0 bridgehead atoms. The summed E-state index contributed by atoms with van der Waals surface area (Å²) < 4.78 is 5.68. The van der Waals surface area contributed by atoms with E-state index >= 15 is 0 Å². The minimum atomic E-state index is -0.0121. The Bertz CT molecular complexity index is 871.